The Morgan fingerprint density at radius 2 is 1.82 bits per heavy atom. The number of carbonyl (C=O) groups excluding carboxylic acids is 2. The van der Waals surface area contributed by atoms with E-state index in [1.165, 1.54) is 12.1 Å². The number of halogens is 2. The van der Waals surface area contributed by atoms with Crippen molar-refractivity contribution in [3.05, 3.63) is 72.5 Å². The average Bonchev–Trinajstić information content (AvgIpc) is 2.95. The summed E-state index contributed by atoms with van der Waals surface area (Å²) >= 11 is 12.7. The normalized spacial score (nSPS) is 13.0. The number of fused-ring (bicyclic) bond motifs is 1. The lowest BCUT2D eigenvalue weighted by atomic mass is 10.1. The van der Waals surface area contributed by atoms with Gasteiger partial charge in [0, 0.05) is 12.1 Å². The number of ether oxygens (including phenoxy) is 2. The third-order valence-electron chi connectivity index (χ3n) is 4.85. The van der Waals surface area contributed by atoms with E-state index in [9.17, 15) is 19.2 Å². The molecule has 0 spiro atoms. The molecular formula is C21H16Cl2N4O6. The number of aromatic nitrogens is 3. The van der Waals surface area contributed by atoms with Gasteiger partial charge in [-0.1, -0.05) is 23.2 Å². The number of anilines is 1. The number of hydrogen-bond acceptors (Lipinski definition) is 7. The molecule has 1 amide bonds. The van der Waals surface area contributed by atoms with E-state index in [-0.39, 0.29) is 27.4 Å². The largest absolute Gasteiger partial charge is 0.464 e. The molecule has 4 rings (SSSR count). The predicted molar refractivity (Wildman–Crippen MR) is 120 cm³/mol. The summed E-state index contributed by atoms with van der Waals surface area (Å²) in [7, 11) is 1.08. The summed E-state index contributed by atoms with van der Waals surface area (Å²) in [6, 6.07) is 7.89. The molecule has 0 aliphatic carbocycles. The van der Waals surface area contributed by atoms with E-state index in [1.807, 2.05) is 4.98 Å². The highest BCUT2D eigenvalue weighted by Crippen LogP contribution is 2.39. The first-order chi connectivity index (χ1) is 15.8. The van der Waals surface area contributed by atoms with E-state index in [0.29, 0.717) is 25.0 Å². The highest BCUT2D eigenvalue weighted by atomic mass is 35.5. The summed E-state index contributed by atoms with van der Waals surface area (Å²) in [4.78, 5) is 49.5. The van der Waals surface area contributed by atoms with Crippen LogP contribution in [0.5, 0.6) is 11.5 Å². The number of benzene rings is 2. The van der Waals surface area contributed by atoms with Crippen LogP contribution in [0.25, 0.3) is 5.69 Å². The van der Waals surface area contributed by atoms with Gasteiger partial charge in [0.15, 0.2) is 5.75 Å². The molecule has 33 heavy (non-hydrogen) atoms. The number of H-pyrrole nitrogens is 1. The minimum Gasteiger partial charge on any atom is -0.464 e. The van der Waals surface area contributed by atoms with Crippen molar-refractivity contribution in [3.8, 4) is 17.2 Å². The van der Waals surface area contributed by atoms with Gasteiger partial charge in [-0.2, -0.15) is 9.78 Å². The molecule has 12 heteroatoms. The smallest absolute Gasteiger partial charge is 0.364 e. The molecule has 3 aromatic rings. The van der Waals surface area contributed by atoms with Crippen LogP contribution in [0.2, 0.25) is 10.0 Å². The van der Waals surface area contributed by atoms with Crippen LogP contribution in [-0.2, 0) is 16.0 Å². The van der Waals surface area contributed by atoms with Crippen LogP contribution in [-0.4, -0.2) is 33.8 Å². The van der Waals surface area contributed by atoms with Crippen molar-refractivity contribution < 1.29 is 19.1 Å². The summed E-state index contributed by atoms with van der Waals surface area (Å²) in [6.45, 7) is 0. The molecule has 1 aromatic heterocycles. The summed E-state index contributed by atoms with van der Waals surface area (Å²) in [5.41, 5.74) is -0.764. The van der Waals surface area contributed by atoms with Crippen LogP contribution < -0.4 is 21.3 Å². The fourth-order valence-corrected chi connectivity index (χ4v) is 3.86. The maximum atomic E-state index is 12.2. The van der Waals surface area contributed by atoms with Gasteiger partial charge in [-0.05, 0) is 48.7 Å². The Hall–Kier alpha value is -3.63. The summed E-state index contributed by atoms with van der Waals surface area (Å²) in [5.74, 6) is -0.466. The number of nitrogens with zero attached hydrogens (tertiary/aromatic N) is 2. The number of amides is 1. The minimum atomic E-state index is -1.01. The van der Waals surface area contributed by atoms with E-state index in [0.717, 1.165) is 23.0 Å². The second-order valence-corrected chi connectivity index (χ2v) is 7.89. The van der Waals surface area contributed by atoms with Crippen molar-refractivity contribution in [1.82, 2.24) is 14.8 Å². The molecule has 0 saturated carbocycles. The summed E-state index contributed by atoms with van der Waals surface area (Å²) in [5, 5.41) is 6.72. The second-order valence-electron chi connectivity index (χ2n) is 7.07. The summed E-state index contributed by atoms with van der Waals surface area (Å²) in [6.07, 6.45) is 1.86. The maximum absolute atomic E-state index is 12.2. The van der Waals surface area contributed by atoms with Crippen molar-refractivity contribution >= 4 is 40.8 Å². The Bertz CT molecular complexity index is 1380. The Kier molecular flexibility index (Phi) is 6.21. The van der Waals surface area contributed by atoms with Crippen molar-refractivity contribution in [2.75, 3.05) is 12.4 Å². The van der Waals surface area contributed by atoms with Crippen molar-refractivity contribution in [2.24, 2.45) is 0 Å². The van der Waals surface area contributed by atoms with Gasteiger partial charge in [-0.3, -0.25) is 14.6 Å². The van der Waals surface area contributed by atoms with Gasteiger partial charge in [0.2, 0.25) is 11.6 Å². The third kappa shape index (κ3) is 4.62. The van der Waals surface area contributed by atoms with Gasteiger partial charge in [-0.25, -0.2) is 9.59 Å². The number of carbonyl (C=O) groups is 2. The highest BCUT2D eigenvalue weighted by Gasteiger charge is 2.19. The van der Waals surface area contributed by atoms with E-state index in [4.69, 9.17) is 27.9 Å². The first-order valence-electron chi connectivity index (χ1n) is 9.69. The number of esters is 1. The van der Waals surface area contributed by atoms with Crippen LogP contribution >= 0.6 is 23.2 Å². The molecule has 0 atom stereocenters. The van der Waals surface area contributed by atoms with Crippen molar-refractivity contribution in [2.45, 2.75) is 19.3 Å². The lowest BCUT2D eigenvalue weighted by Crippen LogP contribution is -2.36. The first-order valence-corrected chi connectivity index (χ1v) is 10.4. The van der Waals surface area contributed by atoms with Crippen LogP contribution in [0.1, 0.15) is 28.9 Å². The number of rotatable bonds is 4. The molecule has 0 saturated heterocycles. The Labute approximate surface area is 196 Å². The van der Waals surface area contributed by atoms with Crippen molar-refractivity contribution in [1.29, 1.82) is 0 Å². The van der Waals surface area contributed by atoms with E-state index < -0.39 is 22.9 Å². The zero-order chi connectivity index (χ0) is 23.7. The predicted octanol–water partition coefficient (Wildman–Crippen LogP) is 3.08. The van der Waals surface area contributed by atoms with Crippen LogP contribution in [0.4, 0.5) is 5.69 Å². The molecule has 0 fully saturated rings. The molecule has 170 valence electrons. The zero-order valence-electron chi connectivity index (χ0n) is 17.1. The molecule has 2 aromatic carbocycles. The number of hydrogen-bond donors (Lipinski definition) is 2. The number of aryl methyl sites for hydroxylation is 1. The minimum absolute atomic E-state index is 0.0365. The van der Waals surface area contributed by atoms with E-state index in [2.05, 4.69) is 15.2 Å². The maximum Gasteiger partial charge on any atom is 0.364 e. The molecule has 0 unspecified atom stereocenters. The fraction of sp³-hybridized carbons (Fsp3) is 0.190. The number of aromatic amines is 1. The molecule has 0 radical (unpaired) electrons. The van der Waals surface area contributed by atoms with E-state index in [1.54, 1.807) is 18.2 Å². The molecule has 2 heterocycles. The second kappa shape index (κ2) is 9.08. The lowest BCUT2D eigenvalue weighted by Gasteiger charge is -2.14. The quantitative estimate of drug-likeness (QED) is 0.536. The molecule has 1 aliphatic heterocycles. The molecule has 10 nitrogen and oxygen atoms in total. The Balaban J connectivity index is 1.69. The van der Waals surface area contributed by atoms with Gasteiger partial charge in [0.25, 0.3) is 5.56 Å². The third-order valence-corrected chi connectivity index (χ3v) is 5.42. The monoisotopic (exact) mass is 490 g/mol. The van der Waals surface area contributed by atoms with Gasteiger partial charge in [0.05, 0.1) is 22.8 Å². The summed E-state index contributed by atoms with van der Waals surface area (Å²) < 4.78 is 11.1. The highest BCUT2D eigenvalue weighted by molar-refractivity contribution is 6.37. The van der Waals surface area contributed by atoms with Gasteiger partial charge >= 0.3 is 11.7 Å². The van der Waals surface area contributed by atoms with Crippen LogP contribution in [0.15, 0.2) is 39.9 Å². The Morgan fingerprint density at radius 3 is 2.52 bits per heavy atom. The topological polar surface area (TPSA) is 132 Å². The van der Waals surface area contributed by atoms with Gasteiger partial charge < -0.3 is 14.8 Å². The molecule has 0 bridgehead atoms. The number of methoxy groups -OCH3 is 1. The first kappa shape index (κ1) is 22.6. The number of nitrogens with one attached hydrogen (secondary N) is 2. The van der Waals surface area contributed by atoms with Crippen molar-refractivity contribution in [3.63, 3.8) is 0 Å². The lowest BCUT2D eigenvalue weighted by molar-refractivity contribution is -0.116. The average molecular weight is 491 g/mol. The van der Waals surface area contributed by atoms with Crippen LogP contribution in [0.3, 0.4) is 0 Å². The molecular weight excluding hydrogens is 475 g/mol. The van der Waals surface area contributed by atoms with Crippen LogP contribution in [0, 0.1) is 0 Å². The molecule has 2 N–H and O–H groups in total. The Morgan fingerprint density at radius 1 is 1.09 bits per heavy atom. The fourth-order valence-electron chi connectivity index (χ4n) is 3.30. The zero-order valence-corrected chi connectivity index (χ0v) is 18.6. The standard InChI is InChI=1S/C21H16Cl2N4O6/c1-32-20(30)17-19(29)25-21(31)27(26-17)11-8-13(22)18(14(23)9-11)33-12-5-6-15-10(7-12)3-2-4-16(28)24-15/h5-9H,2-4H2,1H3,(H,24,28)(H,25,29,31). The van der Waals surface area contributed by atoms with Gasteiger partial charge in [0.1, 0.15) is 5.75 Å². The SMILES string of the molecule is COC(=O)c1nn(-c2cc(Cl)c(Oc3ccc4c(c3)CCCC(=O)N4)c(Cl)c2)c(=O)[nH]c1=O. The van der Waals surface area contributed by atoms with E-state index >= 15 is 0 Å². The molecule has 1 aliphatic rings. The van der Waals surface area contributed by atoms with Gasteiger partial charge in [-0.15, -0.1) is 0 Å².